The van der Waals surface area contributed by atoms with Crippen molar-refractivity contribution in [1.82, 2.24) is 0 Å². The summed E-state index contributed by atoms with van der Waals surface area (Å²) >= 11 is 0. The van der Waals surface area contributed by atoms with Gasteiger partial charge in [0.25, 0.3) is 0 Å². The molecule has 0 radical (unpaired) electrons. The molecule has 0 bridgehead atoms. The monoisotopic (exact) mass is 132 g/mol. The van der Waals surface area contributed by atoms with Crippen molar-refractivity contribution in [2.24, 2.45) is 0 Å². The molecule has 1 aliphatic heterocycles. The third-order valence-corrected chi connectivity index (χ3v) is 1.15. The lowest BCUT2D eigenvalue weighted by Crippen LogP contribution is -2.28. The van der Waals surface area contributed by atoms with Gasteiger partial charge in [-0.15, -0.1) is 0 Å². The van der Waals surface area contributed by atoms with Crippen molar-refractivity contribution in [2.45, 2.75) is 18.9 Å². The molecule has 1 unspecified atom stereocenters. The molecule has 4 nitrogen and oxygen atoms in total. The summed E-state index contributed by atoms with van der Waals surface area (Å²) in [4.78, 5) is 19.1. The third-order valence-electron chi connectivity index (χ3n) is 1.15. The van der Waals surface area contributed by atoms with E-state index in [9.17, 15) is 4.79 Å². The van der Waals surface area contributed by atoms with Crippen molar-refractivity contribution in [1.29, 1.82) is 0 Å². The summed E-state index contributed by atoms with van der Waals surface area (Å²) in [6.45, 7) is 0.504. The molecule has 1 heterocycles. The van der Waals surface area contributed by atoms with Crippen molar-refractivity contribution >= 4 is 5.97 Å². The summed E-state index contributed by atoms with van der Waals surface area (Å²) < 4.78 is 0. The molecular formula is C5H8O4. The van der Waals surface area contributed by atoms with Crippen molar-refractivity contribution in [3.63, 3.8) is 0 Å². The van der Waals surface area contributed by atoms with Crippen LogP contribution in [-0.2, 0) is 14.6 Å². The molecule has 0 aliphatic carbocycles. The zero-order valence-electron chi connectivity index (χ0n) is 4.87. The maximum atomic E-state index is 10.1. The minimum atomic E-state index is -0.949. The Hall–Kier alpha value is -0.610. The summed E-state index contributed by atoms with van der Waals surface area (Å²) in [5.41, 5.74) is 0. The van der Waals surface area contributed by atoms with Crippen molar-refractivity contribution in [2.75, 3.05) is 6.61 Å². The molecule has 0 aromatic rings. The fourth-order valence-electron chi connectivity index (χ4n) is 0.671. The lowest BCUT2D eigenvalue weighted by Gasteiger charge is -2.16. The van der Waals surface area contributed by atoms with E-state index in [1.807, 2.05) is 0 Å². The Labute approximate surface area is 52.3 Å². The Kier molecular flexibility index (Phi) is 2.02. The molecule has 1 N–H and O–H groups in total. The van der Waals surface area contributed by atoms with Crippen LogP contribution in [0.4, 0.5) is 0 Å². The van der Waals surface area contributed by atoms with E-state index < -0.39 is 12.1 Å². The molecule has 0 saturated carbocycles. The first-order valence-electron chi connectivity index (χ1n) is 2.82. The summed E-state index contributed by atoms with van der Waals surface area (Å²) in [6.07, 6.45) is 0.561. The highest BCUT2D eigenvalue weighted by atomic mass is 17.2. The van der Waals surface area contributed by atoms with Gasteiger partial charge in [-0.05, 0) is 12.8 Å². The topological polar surface area (TPSA) is 55.8 Å². The van der Waals surface area contributed by atoms with Crippen LogP contribution in [0.2, 0.25) is 0 Å². The molecule has 4 heteroatoms. The van der Waals surface area contributed by atoms with Gasteiger partial charge >= 0.3 is 5.97 Å². The molecule has 0 aromatic heterocycles. The summed E-state index contributed by atoms with van der Waals surface area (Å²) in [5, 5.41) is 8.33. The van der Waals surface area contributed by atoms with Crippen LogP contribution >= 0.6 is 0 Å². The molecule has 1 saturated heterocycles. The summed E-state index contributed by atoms with van der Waals surface area (Å²) in [5.74, 6) is -0.949. The highest BCUT2D eigenvalue weighted by Crippen LogP contribution is 2.09. The maximum Gasteiger partial charge on any atom is 0.336 e. The lowest BCUT2D eigenvalue weighted by molar-refractivity contribution is -0.338. The van der Waals surface area contributed by atoms with Crippen LogP contribution in [0.25, 0.3) is 0 Å². The number of carboxylic acids is 1. The van der Waals surface area contributed by atoms with E-state index in [1.165, 1.54) is 0 Å². The summed E-state index contributed by atoms with van der Waals surface area (Å²) in [7, 11) is 0. The van der Waals surface area contributed by atoms with E-state index in [0.717, 1.165) is 6.42 Å². The second-order valence-electron chi connectivity index (χ2n) is 1.89. The van der Waals surface area contributed by atoms with Gasteiger partial charge in [-0.25, -0.2) is 14.6 Å². The van der Waals surface area contributed by atoms with Gasteiger partial charge in [0.2, 0.25) is 0 Å². The average molecular weight is 132 g/mol. The average Bonchev–Trinajstić information content (AvgIpc) is 1.90. The van der Waals surface area contributed by atoms with Crippen LogP contribution < -0.4 is 0 Å². The van der Waals surface area contributed by atoms with E-state index in [-0.39, 0.29) is 0 Å². The van der Waals surface area contributed by atoms with E-state index in [2.05, 4.69) is 9.78 Å². The highest BCUT2D eigenvalue weighted by Gasteiger charge is 2.21. The molecule has 52 valence electrons. The second kappa shape index (κ2) is 2.80. The van der Waals surface area contributed by atoms with Crippen LogP contribution in [0.15, 0.2) is 0 Å². The molecular weight excluding hydrogens is 124 g/mol. The van der Waals surface area contributed by atoms with Crippen LogP contribution in [0.3, 0.4) is 0 Å². The predicted octanol–water partition coefficient (Wildman–Crippen LogP) is 0.182. The van der Waals surface area contributed by atoms with E-state index >= 15 is 0 Å². The van der Waals surface area contributed by atoms with Crippen LogP contribution in [-0.4, -0.2) is 23.8 Å². The first kappa shape index (κ1) is 6.51. The maximum absolute atomic E-state index is 10.1. The Morgan fingerprint density at radius 1 is 1.67 bits per heavy atom. The second-order valence-corrected chi connectivity index (χ2v) is 1.89. The number of carbonyl (C=O) groups is 1. The Morgan fingerprint density at radius 2 is 2.44 bits per heavy atom. The molecule has 0 aromatic carbocycles. The van der Waals surface area contributed by atoms with Crippen LogP contribution in [0, 0.1) is 0 Å². The third kappa shape index (κ3) is 1.65. The van der Waals surface area contributed by atoms with E-state index in [4.69, 9.17) is 5.11 Å². The molecule has 1 fully saturated rings. The highest BCUT2D eigenvalue weighted by molar-refractivity contribution is 5.72. The van der Waals surface area contributed by atoms with Crippen molar-refractivity contribution in [3.05, 3.63) is 0 Å². The fraction of sp³-hybridized carbons (Fsp3) is 0.800. The fourth-order valence-corrected chi connectivity index (χ4v) is 0.671. The van der Waals surface area contributed by atoms with Gasteiger partial charge in [0.15, 0.2) is 6.10 Å². The Balaban J connectivity index is 2.31. The smallest absolute Gasteiger partial charge is 0.336 e. The first-order valence-corrected chi connectivity index (χ1v) is 2.82. The standard InChI is InChI=1S/C5H8O4/c6-5(7)4-2-1-3-8-9-4/h4H,1-3H2,(H,6,7). The van der Waals surface area contributed by atoms with Crippen molar-refractivity contribution in [3.8, 4) is 0 Å². The SMILES string of the molecule is O=C(O)C1CCCOO1. The van der Waals surface area contributed by atoms with Gasteiger partial charge in [0.05, 0.1) is 6.61 Å². The van der Waals surface area contributed by atoms with Gasteiger partial charge < -0.3 is 5.11 Å². The Bertz CT molecular complexity index is 106. The predicted molar refractivity (Wildman–Crippen MR) is 27.7 cm³/mol. The molecule has 1 aliphatic rings. The Morgan fingerprint density at radius 3 is 2.78 bits per heavy atom. The van der Waals surface area contributed by atoms with Gasteiger partial charge in [0.1, 0.15) is 0 Å². The van der Waals surface area contributed by atoms with E-state index in [0.29, 0.717) is 13.0 Å². The van der Waals surface area contributed by atoms with Gasteiger partial charge in [-0.1, -0.05) is 0 Å². The van der Waals surface area contributed by atoms with Gasteiger partial charge in [0, 0.05) is 0 Å². The number of carboxylic acid groups (broad SMARTS) is 1. The number of hydrogen-bond donors (Lipinski definition) is 1. The zero-order chi connectivity index (χ0) is 6.69. The van der Waals surface area contributed by atoms with Gasteiger partial charge in [-0.3, -0.25) is 0 Å². The largest absolute Gasteiger partial charge is 0.479 e. The number of aliphatic carboxylic acids is 1. The van der Waals surface area contributed by atoms with Crippen LogP contribution in [0.1, 0.15) is 12.8 Å². The zero-order valence-corrected chi connectivity index (χ0v) is 4.87. The first-order chi connectivity index (χ1) is 4.30. The normalized spacial score (nSPS) is 27.8. The molecule has 0 spiro atoms. The lowest BCUT2D eigenvalue weighted by atomic mass is 10.2. The molecule has 9 heavy (non-hydrogen) atoms. The minimum absolute atomic E-state index is 0.504. The van der Waals surface area contributed by atoms with Crippen LogP contribution in [0.5, 0.6) is 0 Å². The summed E-state index contributed by atoms with van der Waals surface area (Å²) in [6, 6.07) is 0. The molecule has 1 atom stereocenters. The van der Waals surface area contributed by atoms with E-state index in [1.54, 1.807) is 0 Å². The number of rotatable bonds is 1. The van der Waals surface area contributed by atoms with Crippen molar-refractivity contribution < 1.29 is 19.7 Å². The quantitative estimate of drug-likeness (QED) is 0.517. The number of hydrogen-bond acceptors (Lipinski definition) is 3. The minimum Gasteiger partial charge on any atom is -0.479 e. The molecule has 0 amide bonds. The molecule has 1 rings (SSSR count). The van der Waals surface area contributed by atoms with Gasteiger partial charge in [-0.2, -0.15) is 0 Å².